The van der Waals surface area contributed by atoms with E-state index >= 15 is 0 Å². The monoisotopic (exact) mass is 273 g/mol. The summed E-state index contributed by atoms with van der Waals surface area (Å²) in [5.74, 6) is 0.0429. The zero-order valence-corrected chi connectivity index (χ0v) is 10.6. The number of nitrogens with one attached hydrogen (secondary N) is 1. The molecule has 0 aromatic carbocycles. The van der Waals surface area contributed by atoms with E-state index in [1.807, 2.05) is 24.7 Å². The van der Waals surface area contributed by atoms with Gasteiger partial charge in [0.15, 0.2) is 0 Å². The maximum absolute atomic E-state index is 11.4. The Hall–Kier alpha value is -0.840. The molecule has 0 radical (unpaired) electrons. The number of alkyl halides is 1. The topological polar surface area (TPSA) is 46.9 Å². The Balaban J connectivity index is 2.24. The number of amides is 1. The lowest BCUT2D eigenvalue weighted by molar-refractivity contribution is -0.120. The number of hydrogen-bond donors (Lipinski definition) is 1. The Morgan fingerprint density at radius 2 is 2.47 bits per heavy atom. The fourth-order valence-electron chi connectivity index (χ4n) is 1.18. The quantitative estimate of drug-likeness (QED) is 0.827. The molecule has 1 N–H and O–H groups in total. The van der Waals surface area contributed by atoms with Crippen LogP contribution in [0.1, 0.15) is 18.9 Å². The predicted molar refractivity (Wildman–Crippen MR) is 63.0 cm³/mol. The fraction of sp³-hybridized carbons (Fsp3) is 0.600. The molecule has 0 aliphatic carbocycles. The van der Waals surface area contributed by atoms with Gasteiger partial charge in [0.25, 0.3) is 0 Å². The van der Waals surface area contributed by atoms with Crippen molar-refractivity contribution in [2.24, 2.45) is 0 Å². The number of carbonyl (C=O) groups is 1. The molecule has 1 rings (SSSR count). The van der Waals surface area contributed by atoms with E-state index in [2.05, 4.69) is 26.3 Å². The third kappa shape index (κ3) is 4.03. The van der Waals surface area contributed by atoms with Crippen LogP contribution in [0.3, 0.4) is 0 Å². The number of halogens is 1. The van der Waals surface area contributed by atoms with Crippen LogP contribution in [0.25, 0.3) is 0 Å². The second kappa shape index (κ2) is 5.90. The van der Waals surface area contributed by atoms with Crippen molar-refractivity contribution in [2.45, 2.75) is 31.6 Å². The molecule has 1 amide bonds. The first-order chi connectivity index (χ1) is 7.13. The molecule has 0 saturated heterocycles. The first kappa shape index (κ1) is 12.2. The molecular formula is C10H16BrN3O. The van der Waals surface area contributed by atoms with Crippen molar-refractivity contribution in [1.82, 2.24) is 15.1 Å². The third-order valence-electron chi connectivity index (χ3n) is 2.05. The second-order valence-electron chi connectivity index (χ2n) is 3.45. The summed E-state index contributed by atoms with van der Waals surface area (Å²) in [5, 5.41) is 6.98. The Labute approximate surface area is 98.2 Å². The number of aryl methyl sites for hydroxylation is 1. The van der Waals surface area contributed by atoms with Gasteiger partial charge in [-0.25, -0.2) is 0 Å². The highest BCUT2D eigenvalue weighted by Gasteiger charge is 2.10. The maximum atomic E-state index is 11.4. The van der Waals surface area contributed by atoms with Crippen molar-refractivity contribution in [1.29, 1.82) is 0 Å². The van der Waals surface area contributed by atoms with E-state index in [0.717, 1.165) is 12.0 Å². The normalized spacial score (nSPS) is 12.5. The Morgan fingerprint density at radius 1 is 1.73 bits per heavy atom. The Bertz CT molecular complexity index is 324. The number of aromatic nitrogens is 2. The van der Waals surface area contributed by atoms with E-state index < -0.39 is 0 Å². The number of nitrogens with zero attached hydrogens (tertiary/aromatic N) is 2. The summed E-state index contributed by atoms with van der Waals surface area (Å²) in [5.41, 5.74) is 1.13. The molecule has 1 aromatic rings. The van der Waals surface area contributed by atoms with Gasteiger partial charge in [-0.3, -0.25) is 9.48 Å². The van der Waals surface area contributed by atoms with E-state index in [1.54, 1.807) is 6.20 Å². The largest absolute Gasteiger partial charge is 0.353 e. The Morgan fingerprint density at radius 3 is 3.00 bits per heavy atom. The molecule has 0 aliphatic heterocycles. The van der Waals surface area contributed by atoms with Gasteiger partial charge < -0.3 is 5.32 Å². The highest BCUT2D eigenvalue weighted by molar-refractivity contribution is 9.10. The molecule has 1 heterocycles. The first-order valence-electron chi connectivity index (χ1n) is 5.04. The highest BCUT2D eigenvalue weighted by atomic mass is 79.9. The van der Waals surface area contributed by atoms with Gasteiger partial charge in [0.2, 0.25) is 5.91 Å². The zero-order chi connectivity index (χ0) is 11.3. The average Bonchev–Trinajstić information content (AvgIpc) is 2.63. The molecule has 1 aromatic heterocycles. The van der Waals surface area contributed by atoms with Gasteiger partial charge in [-0.1, -0.05) is 22.9 Å². The maximum Gasteiger partial charge on any atom is 0.233 e. The van der Waals surface area contributed by atoms with Crippen LogP contribution in [-0.2, 0) is 11.3 Å². The number of rotatable bonds is 5. The van der Waals surface area contributed by atoms with Crippen molar-refractivity contribution in [3.8, 4) is 0 Å². The van der Waals surface area contributed by atoms with Crippen LogP contribution in [0.15, 0.2) is 12.4 Å². The van der Waals surface area contributed by atoms with E-state index in [0.29, 0.717) is 13.1 Å². The lowest BCUT2D eigenvalue weighted by Crippen LogP contribution is -2.33. The van der Waals surface area contributed by atoms with Crippen molar-refractivity contribution in [2.75, 3.05) is 6.54 Å². The highest BCUT2D eigenvalue weighted by Crippen LogP contribution is 2.03. The Kier molecular flexibility index (Phi) is 4.81. The molecule has 0 aliphatic rings. The van der Waals surface area contributed by atoms with E-state index in [1.165, 1.54) is 0 Å². The molecule has 4 nitrogen and oxygen atoms in total. The number of carbonyl (C=O) groups excluding carboxylic acids is 1. The lowest BCUT2D eigenvalue weighted by atomic mass is 10.3. The molecule has 0 saturated carbocycles. The molecule has 0 bridgehead atoms. The minimum atomic E-state index is -0.0862. The summed E-state index contributed by atoms with van der Waals surface area (Å²) in [4.78, 5) is 11.3. The molecule has 5 heteroatoms. The lowest BCUT2D eigenvalue weighted by Gasteiger charge is -2.08. The molecule has 1 unspecified atom stereocenters. The van der Waals surface area contributed by atoms with E-state index in [4.69, 9.17) is 0 Å². The zero-order valence-electron chi connectivity index (χ0n) is 9.03. The molecule has 0 spiro atoms. The predicted octanol–water partition coefficient (Wildman–Crippen LogP) is 1.48. The molecule has 1 atom stereocenters. The van der Waals surface area contributed by atoms with E-state index in [-0.39, 0.29) is 10.7 Å². The van der Waals surface area contributed by atoms with Crippen molar-refractivity contribution < 1.29 is 4.79 Å². The SMILES string of the molecule is CCC(Br)C(=O)NCCn1cc(C)cn1. The van der Waals surface area contributed by atoms with Gasteiger partial charge >= 0.3 is 0 Å². The summed E-state index contributed by atoms with van der Waals surface area (Å²) < 4.78 is 1.82. The van der Waals surface area contributed by atoms with Crippen molar-refractivity contribution in [3.05, 3.63) is 18.0 Å². The van der Waals surface area contributed by atoms with Crippen LogP contribution in [0, 0.1) is 6.92 Å². The molecule has 0 fully saturated rings. The summed E-state index contributed by atoms with van der Waals surface area (Å²) in [6, 6.07) is 0. The number of hydrogen-bond acceptors (Lipinski definition) is 2. The van der Waals surface area contributed by atoms with Gasteiger partial charge in [-0.2, -0.15) is 5.10 Å². The minimum absolute atomic E-state index is 0.0429. The average molecular weight is 274 g/mol. The van der Waals surface area contributed by atoms with Crippen LogP contribution >= 0.6 is 15.9 Å². The summed E-state index contributed by atoms with van der Waals surface area (Å²) in [7, 11) is 0. The van der Waals surface area contributed by atoms with Crippen LogP contribution in [0.4, 0.5) is 0 Å². The van der Waals surface area contributed by atoms with Crippen molar-refractivity contribution in [3.63, 3.8) is 0 Å². The third-order valence-corrected chi connectivity index (χ3v) is 3.11. The van der Waals surface area contributed by atoms with E-state index in [9.17, 15) is 4.79 Å². The van der Waals surface area contributed by atoms with Gasteiger partial charge in [0.05, 0.1) is 17.6 Å². The summed E-state index contributed by atoms with van der Waals surface area (Å²) >= 11 is 3.30. The second-order valence-corrected chi connectivity index (χ2v) is 4.55. The molecule has 84 valence electrons. The van der Waals surface area contributed by atoms with Crippen LogP contribution in [0.5, 0.6) is 0 Å². The van der Waals surface area contributed by atoms with Gasteiger partial charge in [0, 0.05) is 12.7 Å². The first-order valence-corrected chi connectivity index (χ1v) is 5.96. The van der Waals surface area contributed by atoms with Gasteiger partial charge in [-0.05, 0) is 18.9 Å². The summed E-state index contributed by atoms with van der Waals surface area (Å²) in [6.45, 7) is 5.29. The van der Waals surface area contributed by atoms with Gasteiger partial charge in [-0.15, -0.1) is 0 Å². The van der Waals surface area contributed by atoms with Crippen LogP contribution < -0.4 is 5.32 Å². The minimum Gasteiger partial charge on any atom is -0.353 e. The molecule has 15 heavy (non-hydrogen) atoms. The van der Waals surface area contributed by atoms with Crippen molar-refractivity contribution >= 4 is 21.8 Å². The smallest absolute Gasteiger partial charge is 0.233 e. The standard InChI is InChI=1S/C10H16BrN3O/c1-3-9(11)10(15)12-4-5-14-7-8(2)6-13-14/h6-7,9H,3-5H2,1-2H3,(H,12,15). The fourth-order valence-corrected chi connectivity index (χ4v) is 1.34. The van der Waals surface area contributed by atoms with Crippen LogP contribution in [0.2, 0.25) is 0 Å². The molecular weight excluding hydrogens is 258 g/mol. The summed E-state index contributed by atoms with van der Waals surface area (Å²) in [6.07, 6.45) is 4.56. The van der Waals surface area contributed by atoms with Crippen LogP contribution in [-0.4, -0.2) is 27.1 Å². The van der Waals surface area contributed by atoms with Gasteiger partial charge in [0.1, 0.15) is 0 Å².